The van der Waals surface area contributed by atoms with Gasteiger partial charge in [0.05, 0.1) is 28.6 Å². The average molecular weight is 384 g/mol. The van der Waals surface area contributed by atoms with Crippen molar-refractivity contribution in [1.29, 1.82) is 0 Å². The highest BCUT2D eigenvalue weighted by atomic mass is 16.2. The SMILES string of the molecule is CN(c1ccccc1)c1ccccc1NC(=O)Cn1c(=O)cnc2ccccc21. The molecule has 6 nitrogen and oxygen atoms in total. The molecular formula is C23H20N4O2. The van der Waals surface area contributed by atoms with Crippen molar-refractivity contribution in [2.75, 3.05) is 17.3 Å². The zero-order valence-corrected chi connectivity index (χ0v) is 15.9. The molecule has 144 valence electrons. The van der Waals surface area contributed by atoms with E-state index in [1.165, 1.54) is 10.8 Å². The number of amides is 1. The molecule has 1 aromatic heterocycles. The summed E-state index contributed by atoms with van der Waals surface area (Å²) in [5, 5.41) is 2.94. The minimum absolute atomic E-state index is 0.0920. The van der Waals surface area contributed by atoms with Crippen molar-refractivity contribution in [3.63, 3.8) is 0 Å². The molecule has 0 aliphatic rings. The smallest absolute Gasteiger partial charge is 0.269 e. The minimum atomic E-state index is -0.312. The number of benzene rings is 3. The summed E-state index contributed by atoms with van der Waals surface area (Å²) in [5.74, 6) is -0.280. The van der Waals surface area contributed by atoms with Crippen LogP contribution in [0.3, 0.4) is 0 Å². The minimum Gasteiger partial charge on any atom is -0.343 e. The van der Waals surface area contributed by atoms with Gasteiger partial charge in [0.1, 0.15) is 6.54 Å². The molecule has 4 rings (SSSR count). The Morgan fingerprint density at radius 3 is 2.48 bits per heavy atom. The Labute approximate surface area is 168 Å². The molecule has 0 saturated heterocycles. The molecule has 0 aliphatic heterocycles. The van der Waals surface area contributed by atoms with Crippen LogP contribution in [0.2, 0.25) is 0 Å². The lowest BCUT2D eigenvalue weighted by atomic mass is 10.2. The predicted octanol–water partition coefficient (Wildman–Crippen LogP) is 3.80. The summed E-state index contributed by atoms with van der Waals surface area (Å²) >= 11 is 0. The maximum Gasteiger partial charge on any atom is 0.269 e. The van der Waals surface area contributed by atoms with Crippen LogP contribution in [0.4, 0.5) is 17.1 Å². The van der Waals surface area contributed by atoms with E-state index in [0.29, 0.717) is 16.7 Å². The van der Waals surface area contributed by atoms with Crippen LogP contribution in [0, 0.1) is 0 Å². The molecule has 6 heteroatoms. The first-order valence-corrected chi connectivity index (χ1v) is 9.26. The number of aromatic nitrogens is 2. The van der Waals surface area contributed by atoms with Crippen LogP contribution < -0.4 is 15.8 Å². The van der Waals surface area contributed by atoms with E-state index in [0.717, 1.165) is 11.4 Å². The van der Waals surface area contributed by atoms with Crippen LogP contribution in [0.1, 0.15) is 0 Å². The number of rotatable bonds is 5. The maximum atomic E-state index is 12.8. The standard InChI is InChI=1S/C23H20N4O2/c1-26(17-9-3-2-4-10-17)20-13-7-6-12-19(20)25-22(28)16-27-21-14-8-5-11-18(21)24-15-23(27)29/h2-15H,16H2,1H3,(H,25,28). The molecule has 0 spiro atoms. The van der Waals surface area contributed by atoms with E-state index < -0.39 is 0 Å². The van der Waals surface area contributed by atoms with Crippen molar-refractivity contribution in [3.05, 3.63) is 95.4 Å². The van der Waals surface area contributed by atoms with Gasteiger partial charge in [-0.25, -0.2) is 4.98 Å². The van der Waals surface area contributed by atoms with Crippen molar-refractivity contribution in [3.8, 4) is 0 Å². The van der Waals surface area contributed by atoms with Gasteiger partial charge in [-0.2, -0.15) is 0 Å². The molecular weight excluding hydrogens is 364 g/mol. The second-order valence-electron chi connectivity index (χ2n) is 6.63. The van der Waals surface area contributed by atoms with Gasteiger partial charge in [0.2, 0.25) is 5.91 Å². The van der Waals surface area contributed by atoms with Crippen molar-refractivity contribution < 1.29 is 4.79 Å². The third-order valence-corrected chi connectivity index (χ3v) is 4.74. The van der Waals surface area contributed by atoms with E-state index in [-0.39, 0.29) is 18.0 Å². The van der Waals surface area contributed by atoms with Crippen molar-refractivity contribution in [1.82, 2.24) is 9.55 Å². The number of fused-ring (bicyclic) bond motifs is 1. The molecule has 0 saturated carbocycles. The van der Waals surface area contributed by atoms with Crippen LogP contribution in [0.25, 0.3) is 11.0 Å². The number of nitrogens with zero attached hydrogens (tertiary/aromatic N) is 3. The molecule has 0 atom stereocenters. The molecule has 1 amide bonds. The van der Waals surface area contributed by atoms with E-state index in [1.807, 2.05) is 84.7 Å². The zero-order valence-electron chi connectivity index (χ0n) is 15.9. The van der Waals surface area contributed by atoms with E-state index >= 15 is 0 Å². The van der Waals surface area contributed by atoms with Gasteiger partial charge in [-0.1, -0.05) is 42.5 Å². The Balaban J connectivity index is 1.61. The van der Waals surface area contributed by atoms with Crippen LogP contribution in [-0.4, -0.2) is 22.5 Å². The van der Waals surface area contributed by atoms with E-state index in [9.17, 15) is 9.59 Å². The molecule has 3 aromatic carbocycles. The van der Waals surface area contributed by atoms with Gasteiger partial charge >= 0.3 is 0 Å². The Morgan fingerprint density at radius 2 is 1.66 bits per heavy atom. The Morgan fingerprint density at radius 1 is 0.966 bits per heavy atom. The summed E-state index contributed by atoms with van der Waals surface area (Å²) in [6, 6.07) is 24.7. The highest BCUT2D eigenvalue weighted by Crippen LogP contribution is 2.30. The topological polar surface area (TPSA) is 67.2 Å². The fourth-order valence-electron chi connectivity index (χ4n) is 3.27. The molecule has 0 unspecified atom stereocenters. The third-order valence-electron chi connectivity index (χ3n) is 4.74. The second-order valence-corrected chi connectivity index (χ2v) is 6.63. The first kappa shape index (κ1) is 18.4. The van der Waals surface area contributed by atoms with Gasteiger partial charge < -0.3 is 10.2 Å². The second kappa shape index (κ2) is 7.98. The summed E-state index contributed by atoms with van der Waals surface area (Å²) in [7, 11) is 1.95. The van der Waals surface area contributed by atoms with Crippen LogP contribution in [0.15, 0.2) is 89.9 Å². The molecule has 0 fully saturated rings. The van der Waals surface area contributed by atoms with Crippen LogP contribution in [0.5, 0.6) is 0 Å². The van der Waals surface area contributed by atoms with Crippen molar-refractivity contribution in [2.45, 2.75) is 6.54 Å². The number of nitrogens with one attached hydrogen (secondary N) is 1. The Bertz CT molecular complexity index is 1220. The highest BCUT2D eigenvalue weighted by Gasteiger charge is 2.13. The maximum absolute atomic E-state index is 12.8. The Kier molecular flexibility index (Phi) is 5.07. The third kappa shape index (κ3) is 3.87. The number of carbonyl (C=O) groups excluding carboxylic acids is 1. The average Bonchev–Trinajstić information content (AvgIpc) is 2.76. The van der Waals surface area contributed by atoms with Crippen molar-refractivity contribution in [2.24, 2.45) is 0 Å². The normalized spacial score (nSPS) is 10.7. The number of anilines is 3. The zero-order chi connectivity index (χ0) is 20.2. The summed E-state index contributed by atoms with van der Waals surface area (Å²) in [4.78, 5) is 31.2. The first-order chi connectivity index (χ1) is 14.1. The molecule has 29 heavy (non-hydrogen) atoms. The quantitative estimate of drug-likeness (QED) is 0.568. The number of hydrogen-bond acceptors (Lipinski definition) is 4. The Hall–Kier alpha value is -3.93. The molecule has 0 aliphatic carbocycles. The highest BCUT2D eigenvalue weighted by molar-refractivity contribution is 5.95. The first-order valence-electron chi connectivity index (χ1n) is 9.26. The van der Waals surface area contributed by atoms with E-state index in [4.69, 9.17) is 0 Å². The van der Waals surface area contributed by atoms with E-state index in [2.05, 4.69) is 10.3 Å². The summed E-state index contributed by atoms with van der Waals surface area (Å²) in [6.07, 6.45) is 1.24. The number of para-hydroxylation sites is 5. The molecule has 4 aromatic rings. The molecule has 0 bridgehead atoms. The number of hydrogen-bond donors (Lipinski definition) is 1. The lowest BCUT2D eigenvalue weighted by Gasteiger charge is -2.23. The summed E-state index contributed by atoms with van der Waals surface area (Å²) < 4.78 is 1.43. The lowest BCUT2D eigenvalue weighted by Crippen LogP contribution is -2.28. The number of carbonyl (C=O) groups is 1. The lowest BCUT2D eigenvalue weighted by molar-refractivity contribution is -0.116. The van der Waals surface area contributed by atoms with Gasteiger partial charge in [-0.15, -0.1) is 0 Å². The summed E-state index contributed by atoms with van der Waals surface area (Å²) in [6.45, 7) is -0.0920. The van der Waals surface area contributed by atoms with Gasteiger partial charge in [0.25, 0.3) is 5.56 Å². The molecule has 1 N–H and O–H groups in total. The molecule has 0 radical (unpaired) electrons. The van der Waals surface area contributed by atoms with Gasteiger partial charge in [0.15, 0.2) is 0 Å². The monoisotopic (exact) mass is 384 g/mol. The summed E-state index contributed by atoms with van der Waals surface area (Å²) in [5.41, 5.74) is 3.53. The van der Waals surface area contributed by atoms with Crippen molar-refractivity contribution >= 4 is 34.0 Å². The van der Waals surface area contributed by atoms with Crippen LogP contribution >= 0.6 is 0 Å². The largest absolute Gasteiger partial charge is 0.343 e. The molecule has 1 heterocycles. The van der Waals surface area contributed by atoms with Gasteiger partial charge in [-0.05, 0) is 36.4 Å². The predicted molar refractivity (Wildman–Crippen MR) is 116 cm³/mol. The van der Waals surface area contributed by atoms with Gasteiger partial charge in [0, 0.05) is 12.7 Å². The fraction of sp³-hybridized carbons (Fsp3) is 0.0870. The van der Waals surface area contributed by atoms with Crippen LogP contribution in [-0.2, 0) is 11.3 Å². The van der Waals surface area contributed by atoms with E-state index in [1.54, 1.807) is 6.07 Å². The fourth-order valence-corrected chi connectivity index (χ4v) is 3.27. The van der Waals surface area contributed by atoms with Gasteiger partial charge in [-0.3, -0.25) is 14.2 Å².